The number of imidazole rings is 1. The molecule has 2 heterocycles. The zero-order valence-electron chi connectivity index (χ0n) is 11.6. The number of pyridine rings is 1. The number of ether oxygens (including phenoxy) is 1. The number of aromatic amines is 1. The topological polar surface area (TPSA) is 50.8 Å². The smallest absolute Gasteiger partial charge is 0.160 e. The number of halogens is 1. The summed E-state index contributed by atoms with van der Waals surface area (Å²) in [4.78, 5) is 12.2. The fourth-order valence-electron chi connectivity index (χ4n) is 2.45. The summed E-state index contributed by atoms with van der Waals surface area (Å²) in [6.45, 7) is 0.364. The van der Waals surface area contributed by atoms with Crippen molar-refractivity contribution in [3.05, 3.63) is 65.0 Å². The first-order valence-electron chi connectivity index (χ1n) is 6.91. The summed E-state index contributed by atoms with van der Waals surface area (Å²) in [5.74, 6) is 1.53. The van der Waals surface area contributed by atoms with Crippen LogP contribution in [0.15, 0.2) is 59.2 Å². The zero-order chi connectivity index (χ0) is 14.9. The largest absolute Gasteiger partial charge is 0.482 e. The van der Waals surface area contributed by atoms with E-state index in [9.17, 15) is 0 Å². The van der Waals surface area contributed by atoms with Gasteiger partial charge in [0.05, 0.1) is 15.5 Å². The maximum absolute atomic E-state index is 5.96. The zero-order valence-corrected chi connectivity index (χ0v) is 13.2. The minimum Gasteiger partial charge on any atom is -0.482 e. The highest BCUT2D eigenvalue weighted by atomic mass is 79.9. The van der Waals surface area contributed by atoms with E-state index in [1.54, 1.807) is 6.20 Å². The van der Waals surface area contributed by atoms with E-state index in [1.165, 1.54) is 0 Å². The van der Waals surface area contributed by atoms with Crippen molar-refractivity contribution in [1.82, 2.24) is 15.0 Å². The molecule has 0 aliphatic heterocycles. The van der Waals surface area contributed by atoms with E-state index in [0.29, 0.717) is 6.61 Å². The molecule has 0 aliphatic carbocycles. The van der Waals surface area contributed by atoms with Gasteiger partial charge in [0.2, 0.25) is 0 Å². The van der Waals surface area contributed by atoms with Gasteiger partial charge in [-0.3, -0.25) is 4.98 Å². The normalized spacial score (nSPS) is 11.1. The lowest BCUT2D eigenvalue weighted by molar-refractivity contribution is 0.299. The molecule has 22 heavy (non-hydrogen) atoms. The Bertz CT molecular complexity index is 931. The molecule has 0 spiro atoms. The van der Waals surface area contributed by atoms with Gasteiger partial charge in [-0.1, -0.05) is 24.3 Å². The van der Waals surface area contributed by atoms with E-state index in [4.69, 9.17) is 4.74 Å². The van der Waals surface area contributed by atoms with Crippen molar-refractivity contribution in [2.75, 3.05) is 0 Å². The van der Waals surface area contributed by atoms with Crippen LogP contribution in [0.5, 0.6) is 5.75 Å². The number of nitrogens with zero attached hydrogens (tertiary/aromatic N) is 2. The molecule has 1 N–H and O–H groups in total. The molecule has 5 heteroatoms. The highest BCUT2D eigenvalue weighted by Gasteiger charge is 2.10. The lowest BCUT2D eigenvalue weighted by Crippen LogP contribution is -1.99. The van der Waals surface area contributed by atoms with Crippen LogP contribution < -0.4 is 4.74 Å². The molecule has 0 atom stereocenters. The third-order valence-corrected chi connectivity index (χ3v) is 4.10. The van der Waals surface area contributed by atoms with Crippen LogP contribution in [0.3, 0.4) is 0 Å². The van der Waals surface area contributed by atoms with Gasteiger partial charge in [0.15, 0.2) is 5.75 Å². The number of benzene rings is 2. The second-order valence-electron chi connectivity index (χ2n) is 4.94. The monoisotopic (exact) mass is 353 g/mol. The molecule has 0 amide bonds. The summed E-state index contributed by atoms with van der Waals surface area (Å²) in [5, 5.41) is 1.05. The Labute approximate surface area is 135 Å². The molecule has 108 valence electrons. The average Bonchev–Trinajstić information content (AvgIpc) is 2.97. The maximum atomic E-state index is 5.96. The number of hydrogen-bond acceptors (Lipinski definition) is 3. The number of aromatic nitrogens is 3. The van der Waals surface area contributed by atoms with Crippen LogP contribution in [0.25, 0.3) is 21.9 Å². The summed E-state index contributed by atoms with van der Waals surface area (Å²) in [6.07, 6.45) is 1.77. The maximum Gasteiger partial charge on any atom is 0.160 e. The Morgan fingerprint density at radius 1 is 1.05 bits per heavy atom. The minimum atomic E-state index is 0.364. The predicted molar refractivity (Wildman–Crippen MR) is 89.9 cm³/mol. The van der Waals surface area contributed by atoms with Gasteiger partial charge in [-0.05, 0) is 40.2 Å². The molecule has 0 saturated heterocycles. The summed E-state index contributed by atoms with van der Waals surface area (Å²) in [7, 11) is 0. The molecule has 4 aromatic rings. The van der Waals surface area contributed by atoms with E-state index < -0.39 is 0 Å². The van der Waals surface area contributed by atoms with Crippen molar-refractivity contribution in [1.29, 1.82) is 0 Å². The quantitative estimate of drug-likeness (QED) is 0.591. The molecule has 0 saturated carbocycles. The van der Waals surface area contributed by atoms with Crippen LogP contribution in [-0.2, 0) is 6.61 Å². The number of nitrogens with one attached hydrogen (secondary N) is 1. The van der Waals surface area contributed by atoms with Gasteiger partial charge < -0.3 is 9.72 Å². The average molecular weight is 354 g/mol. The van der Waals surface area contributed by atoms with Crippen molar-refractivity contribution in [2.24, 2.45) is 0 Å². The van der Waals surface area contributed by atoms with Crippen molar-refractivity contribution in [3.8, 4) is 5.75 Å². The number of fused-ring (bicyclic) bond motifs is 2. The molecule has 4 nitrogen and oxygen atoms in total. The van der Waals surface area contributed by atoms with Crippen molar-refractivity contribution >= 4 is 37.9 Å². The molecule has 4 rings (SSSR count). The molecule has 0 bridgehead atoms. The fraction of sp³-hybridized carbons (Fsp3) is 0.0588. The predicted octanol–water partition coefficient (Wildman–Crippen LogP) is 4.45. The summed E-state index contributed by atoms with van der Waals surface area (Å²) in [6, 6.07) is 15.8. The second kappa shape index (κ2) is 5.42. The first-order chi connectivity index (χ1) is 10.8. The van der Waals surface area contributed by atoms with Gasteiger partial charge in [0.1, 0.15) is 17.9 Å². The Balaban J connectivity index is 1.67. The number of rotatable bonds is 3. The van der Waals surface area contributed by atoms with Gasteiger partial charge in [0, 0.05) is 11.6 Å². The van der Waals surface area contributed by atoms with Gasteiger partial charge in [0.25, 0.3) is 0 Å². The van der Waals surface area contributed by atoms with Crippen molar-refractivity contribution < 1.29 is 4.74 Å². The molecule has 0 aliphatic rings. The number of H-pyrrole nitrogens is 1. The Morgan fingerprint density at radius 2 is 1.95 bits per heavy atom. The van der Waals surface area contributed by atoms with Gasteiger partial charge in [-0.2, -0.15) is 0 Å². The Morgan fingerprint density at radius 3 is 2.86 bits per heavy atom. The van der Waals surface area contributed by atoms with Crippen molar-refractivity contribution in [2.45, 2.75) is 6.61 Å². The summed E-state index contributed by atoms with van der Waals surface area (Å²) < 4.78 is 6.85. The third kappa shape index (κ3) is 2.33. The molecular weight excluding hydrogens is 342 g/mol. The molecule has 0 radical (unpaired) electrons. The summed E-state index contributed by atoms with van der Waals surface area (Å²) >= 11 is 3.53. The molecule has 0 unspecified atom stereocenters. The van der Waals surface area contributed by atoms with E-state index in [1.807, 2.05) is 48.5 Å². The van der Waals surface area contributed by atoms with Crippen LogP contribution in [-0.4, -0.2) is 15.0 Å². The molecular formula is C17H12BrN3O. The van der Waals surface area contributed by atoms with Crippen molar-refractivity contribution in [3.63, 3.8) is 0 Å². The summed E-state index contributed by atoms with van der Waals surface area (Å²) in [5.41, 5.74) is 2.79. The van der Waals surface area contributed by atoms with Crippen LogP contribution >= 0.6 is 15.9 Å². The Hall–Kier alpha value is -2.40. The van der Waals surface area contributed by atoms with E-state index in [0.717, 1.165) is 38.0 Å². The van der Waals surface area contributed by atoms with E-state index >= 15 is 0 Å². The Kier molecular flexibility index (Phi) is 3.27. The first-order valence-corrected chi connectivity index (χ1v) is 7.70. The number of hydrogen-bond donors (Lipinski definition) is 1. The van der Waals surface area contributed by atoms with Crippen LogP contribution in [0.4, 0.5) is 0 Å². The fourth-order valence-corrected chi connectivity index (χ4v) is 2.88. The van der Waals surface area contributed by atoms with E-state index in [2.05, 4.69) is 30.9 Å². The SMILES string of the molecule is Brc1ccc2cccnc2c1OCc1nc2ccccc2[nH]1. The van der Waals surface area contributed by atoms with Crippen LogP contribution in [0.2, 0.25) is 0 Å². The van der Waals surface area contributed by atoms with E-state index in [-0.39, 0.29) is 0 Å². The molecule has 0 fully saturated rings. The van der Waals surface area contributed by atoms with Gasteiger partial charge in [-0.25, -0.2) is 4.98 Å². The molecule has 2 aromatic heterocycles. The third-order valence-electron chi connectivity index (χ3n) is 3.47. The lowest BCUT2D eigenvalue weighted by Gasteiger charge is -2.09. The minimum absolute atomic E-state index is 0.364. The van der Waals surface area contributed by atoms with Crippen LogP contribution in [0, 0.1) is 0 Å². The molecule has 2 aromatic carbocycles. The highest BCUT2D eigenvalue weighted by molar-refractivity contribution is 9.10. The van der Waals surface area contributed by atoms with Gasteiger partial charge in [-0.15, -0.1) is 0 Å². The van der Waals surface area contributed by atoms with Gasteiger partial charge >= 0.3 is 0 Å². The second-order valence-corrected chi connectivity index (χ2v) is 5.80. The first kappa shape index (κ1) is 13.3. The number of para-hydroxylation sites is 2. The van der Waals surface area contributed by atoms with Crippen LogP contribution in [0.1, 0.15) is 5.82 Å². The lowest BCUT2D eigenvalue weighted by atomic mass is 10.2. The standard InChI is InChI=1S/C17H12BrN3O/c18-12-8-7-11-4-3-9-19-16(11)17(12)22-10-15-20-13-5-1-2-6-14(13)21-15/h1-9H,10H2,(H,20,21). The highest BCUT2D eigenvalue weighted by Crippen LogP contribution is 2.32.